The van der Waals surface area contributed by atoms with Crippen LogP contribution in [0, 0.1) is 0 Å². The monoisotopic (exact) mass is 413 g/mol. The van der Waals surface area contributed by atoms with E-state index in [1.165, 1.54) is 29.1 Å². The van der Waals surface area contributed by atoms with E-state index in [0.29, 0.717) is 22.3 Å². The molecule has 7 heteroatoms. The molecule has 0 aliphatic heterocycles. The summed E-state index contributed by atoms with van der Waals surface area (Å²) < 4.78 is 3.35. The maximum absolute atomic E-state index is 13.3. The fourth-order valence-corrected chi connectivity index (χ4v) is 6.86. The summed E-state index contributed by atoms with van der Waals surface area (Å²) in [6.45, 7) is 0. The lowest BCUT2D eigenvalue weighted by Crippen LogP contribution is -2.21. The topological polar surface area (TPSA) is 77.1 Å². The fraction of sp³-hybridized carbons (Fsp3) is 0.429. The zero-order valence-corrected chi connectivity index (χ0v) is 17.3. The minimum atomic E-state index is -0.443. The number of fused-ring (bicyclic) bond motifs is 2. The van der Waals surface area contributed by atoms with Crippen molar-refractivity contribution in [3.8, 4) is 0 Å². The van der Waals surface area contributed by atoms with Crippen LogP contribution >= 0.6 is 22.7 Å². The smallest absolute Gasteiger partial charge is 0.272 e. The van der Waals surface area contributed by atoms with Crippen molar-refractivity contribution in [3.05, 3.63) is 39.2 Å². The predicted molar refractivity (Wildman–Crippen MR) is 115 cm³/mol. The van der Waals surface area contributed by atoms with Crippen LogP contribution in [-0.4, -0.2) is 16.4 Å². The first-order valence-electron chi connectivity index (χ1n) is 9.97. The third-order valence-electron chi connectivity index (χ3n) is 6.03. The maximum Gasteiger partial charge on any atom is 0.272 e. The van der Waals surface area contributed by atoms with E-state index < -0.39 is 5.91 Å². The van der Waals surface area contributed by atoms with Crippen LogP contribution in [0.3, 0.4) is 0 Å². The first-order valence-corrected chi connectivity index (χ1v) is 11.7. The molecule has 3 N–H and O–H groups in total. The molecular weight excluding hydrogens is 390 g/mol. The Bertz CT molecular complexity index is 1070. The number of nitrogens with zero attached hydrogens (tertiary/aromatic N) is 1. The molecule has 146 valence electrons. The molecule has 2 amide bonds. The molecule has 2 aliphatic carbocycles. The summed E-state index contributed by atoms with van der Waals surface area (Å²) in [5, 5.41) is 5.74. The van der Waals surface area contributed by atoms with Gasteiger partial charge < -0.3 is 15.6 Å². The third-order valence-corrected chi connectivity index (χ3v) is 8.09. The van der Waals surface area contributed by atoms with Gasteiger partial charge in [0.1, 0.15) is 10.7 Å². The van der Waals surface area contributed by atoms with Gasteiger partial charge in [-0.3, -0.25) is 9.59 Å². The molecule has 1 fully saturated rings. The van der Waals surface area contributed by atoms with Crippen LogP contribution in [0.5, 0.6) is 0 Å². The summed E-state index contributed by atoms with van der Waals surface area (Å²) in [6, 6.07) is 4.47. The Hall–Kier alpha value is -2.12. The number of hydrogen-bond donors (Lipinski definition) is 2. The molecule has 0 atom stereocenters. The van der Waals surface area contributed by atoms with Crippen molar-refractivity contribution in [1.29, 1.82) is 0 Å². The predicted octanol–water partition coefficient (Wildman–Crippen LogP) is 5.11. The van der Waals surface area contributed by atoms with Crippen molar-refractivity contribution >= 4 is 49.7 Å². The van der Waals surface area contributed by atoms with Crippen LogP contribution < -0.4 is 11.1 Å². The zero-order valence-electron chi connectivity index (χ0n) is 15.6. The van der Waals surface area contributed by atoms with Gasteiger partial charge in [0, 0.05) is 10.9 Å². The van der Waals surface area contributed by atoms with Crippen molar-refractivity contribution in [2.24, 2.45) is 5.73 Å². The number of amides is 2. The van der Waals surface area contributed by atoms with E-state index in [1.807, 2.05) is 6.07 Å². The molecule has 0 spiro atoms. The molecule has 0 bridgehead atoms. The van der Waals surface area contributed by atoms with Crippen LogP contribution in [0.2, 0.25) is 0 Å². The maximum atomic E-state index is 13.3. The zero-order chi connectivity index (χ0) is 19.3. The molecule has 3 aromatic heterocycles. The van der Waals surface area contributed by atoms with E-state index in [9.17, 15) is 9.59 Å². The number of carbonyl (C=O) groups excluding carboxylic acids is 2. The second-order valence-corrected chi connectivity index (χ2v) is 9.79. The highest BCUT2D eigenvalue weighted by Gasteiger charge is 2.28. The summed E-state index contributed by atoms with van der Waals surface area (Å²) in [5.41, 5.74) is 9.09. The molecule has 3 aromatic rings. The lowest BCUT2D eigenvalue weighted by molar-refractivity contribution is 0.100. The van der Waals surface area contributed by atoms with Crippen LogP contribution in [0.25, 0.3) is 10.2 Å². The van der Waals surface area contributed by atoms with Crippen LogP contribution in [0.4, 0.5) is 5.00 Å². The molecule has 3 heterocycles. The van der Waals surface area contributed by atoms with Gasteiger partial charge in [-0.25, -0.2) is 0 Å². The van der Waals surface area contributed by atoms with Crippen molar-refractivity contribution in [3.63, 3.8) is 0 Å². The van der Waals surface area contributed by atoms with Gasteiger partial charge in [-0.05, 0) is 61.6 Å². The van der Waals surface area contributed by atoms with Gasteiger partial charge in [-0.1, -0.05) is 12.8 Å². The highest BCUT2D eigenvalue weighted by atomic mass is 32.1. The van der Waals surface area contributed by atoms with Gasteiger partial charge in [0.25, 0.3) is 11.8 Å². The number of aromatic nitrogens is 1. The summed E-state index contributed by atoms with van der Waals surface area (Å²) in [7, 11) is 0. The van der Waals surface area contributed by atoms with Crippen LogP contribution in [0.1, 0.15) is 75.9 Å². The highest BCUT2D eigenvalue weighted by Crippen LogP contribution is 2.40. The van der Waals surface area contributed by atoms with Crippen molar-refractivity contribution < 1.29 is 9.59 Å². The molecule has 5 nitrogen and oxygen atoms in total. The number of aryl methyl sites for hydroxylation is 1. The van der Waals surface area contributed by atoms with Gasteiger partial charge in [0.2, 0.25) is 0 Å². The van der Waals surface area contributed by atoms with E-state index in [4.69, 9.17) is 5.73 Å². The fourth-order valence-electron chi connectivity index (χ4n) is 4.76. The van der Waals surface area contributed by atoms with E-state index in [-0.39, 0.29) is 5.91 Å². The average Bonchev–Trinajstić information content (AvgIpc) is 3.43. The van der Waals surface area contributed by atoms with Crippen molar-refractivity contribution in [1.82, 2.24) is 4.57 Å². The Balaban J connectivity index is 1.53. The Morgan fingerprint density at radius 1 is 1.14 bits per heavy atom. The van der Waals surface area contributed by atoms with E-state index >= 15 is 0 Å². The lowest BCUT2D eigenvalue weighted by atomic mass is 9.95. The van der Waals surface area contributed by atoms with Crippen LogP contribution in [0.15, 0.2) is 17.5 Å². The Morgan fingerprint density at radius 2 is 1.93 bits per heavy atom. The SMILES string of the molecule is NC(=O)c1c(NC(=O)c2cc3sccc3n2C2CCCC2)sc2c1CCCC2. The molecule has 0 radical (unpaired) electrons. The summed E-state index contributed by atoms with van der Waals surface area (Å²) >= 11 is 3.18. The van der Waals surface area contributed by atoms with Gasteiger partial charge in [-0.15, -0.1) is 22.7 Å². The van der Waals surface area contributed by atoms with Crippen molar-refractivity contribution in [2.45, 2.75) is 57.4 Å². The number of primary amides is 1. The number of rotatable bonds is 4. The summed E-state index contributed by atoms with van der Waals surface area (Å²) in [4.78, 5) is 26.6. The number of nitrogens with two attached hydrogens (primary N) is 1. The van der Waals surface area contributed by atoms with Gasteiger partial charge in [0.15, 0.2) is 0 Å². The van der Waals surface area contributed by atoms with E-state index in [2.05, 4.69) is 21.3 Å². The molecule has 28 heavy (non-hydrogen) atoms. The molecule has 0 unspecified atom stereocenters. The molecule has 5 rings (SSSR count). The first-order chi connectivity index (χ1) is 13.6. The van der Waals surface area contributed by atoms with Gasteiger partial charge in [0.05, 0.1) is 15.8 Å². The molecule has 1 saturated carbocycles. The highest BCUT2D eigenvalue weighted by molar-refractivity contribution is 7.17. The number of hydrogen-bond acceptors (Lipinski definition) is 4. The van der Waals surface area contributed by atoms with Crippen molar-refractivity contribution in [2.75, 3.05) is 5.32 Å². The molecule has 2 aliphatic rings. The number of nitrogens with one attached hydrogen (secondary N) is 1. The quantitative estimate of drug-likeness (QED) is 0.623. The summed E-state index contributed by atoms with van der Waals surface area (Å²) in [5.74, 6) is -0.585. The molecular formula is C21H23N3O2S2. The standard InChI is InChI=1S/C21H23N3O2S2/c22-19(25)18-13-7-3-4-8-16(13)28-21(18)23-20(26)15-11-17-14(9-10-27-17)24(15)12-5-1-2-6-12/h9-12H,1-8H2,(H2,22,25)(H,23,26). The second kappa shape index (κ2) is 7.04. The third kappa shape index (κ3) is 2.88. The van der Waals surface area contributed by atoms with Crippen LogP contribution in [-0.2, 0) is 12.8 Å². The largest absolute Gasteiger partial charge is 0.365 e. The normalized spacial score (nSPS) is 17.1. The van der Waals surface area contributed by atoms with E-state index in [0.717, 1.165) is 54.3 Å². The minimum absolute atomic E-state index is 0.142. The average molecular weight is 414 g/mol. The number of carbonyl (C=O) groups is 2. The molecule has 0 saturated heterocycles. The van der Waals surface area contributed by atoms with Gasteiger partial charge >= 0.3 is 0 Å². The summed E-state index contributed by atoms with van der Waals surface area (Å²) in [6.07, 6.45) is 8.66. The lowest BCUT2D eigenvalue weighted by Gasteiger charge is -2.17. The van der Waals surface area contributed by atoms with Gasteiger partial charge in [-0.2, -0.15) is 0 Å². The number of thiophene rings is 2. The minimum Gasteiger partial charge on any atom is -0.365 e. The Kier molecular flexibility index (Phi) is 4.51. The van der Waals surface area contributed by atoms with E-state index in [1.54, 1.807) is 11.3 Å². The first kappa shape index (κ1) is 17.9. The number of anilines is 1. The molecule has 0 aromatic carbocycles. The Morgan fingerprint density at radius 3 is 2.71 bits per heavy atom. The second-order valence-electron chi connectivity index (χ2n) is 7.74. The Labute approximate surface area is 171 Å².